The number of benzene rings is 1. The summed E-state index contributed by atoms with van der Waals surface area (Å²) in [4.78, 5) is 24.4. The van der Waals surface area contributed by atoms with Crippen LogP contribution in [0.25, 0.3) is 11.0 Å². The minimum atomic E-state index is 0.000761. The maximum absolute atomic E-state index is 12.9. The van der Waals surface area contributed by atoms with Crippen molar-refractivity contribution >= 4 is 28.4 Å². The van der Waals surface area contributed by atoms with Crippen LogP contribution in [0.4, 0.5) is 17.3 Å². The molecule has 152 valence electrons. The predicted octanol–water partition coefficient (Wildman–Crippen LogP) is 4.74. The summed E-state index contributed by atoms with van der Waals surface area (Å²) in [7, 11) is 0. The third kappa shape index (κ3) is 3.36. The number of H-pyrrole nitrogens is 1. The topological polar surface area (TPSA) is 79.7 Å². The van der Waals surface area contributed by atoms with Crippen LogP contribution in [0.1, 0.15) is 38.6 Å². The normalized spacial score (nSPS) is 19.1. The van der Waals surface area contributed by atoms with E-state index in [1.54, 1.807) is 24.7 Å². The second-order valence-corrected chi connectivity index (χ2v) is 8.04. The summed E-state index contributed by atoms with van der Waals surface area (Å²) in [6.07, 6.45) is 9.71. The summed E-state index contributed by atoms with van der Waals surface area (Å²) < 4.78 is 1.88. The first kappa shape index (κ1) is 18.5. The number of hydrogen-bond acceptors (Lipinski definition) is 5. The molecule has 3 aromatic heterocycles. The Kier molecular flexibility index (Phi) is 4.78. The molecule has 1 aliphatic rings. The number of rotatable bonds is 4. The van der Waals surface area contributed by atoms with Crippen LogP contribution in [-0.4, -0.2) is 24.7 Å². The molecule has 1 N–H and O–H groups in total. The van der Waals surface area contributed by atoms with Crippen molar-refractivity contribution in [3.63, 3.8) is 0 Å². The van der Waals surface area contributed by atoms with Gasteiger partial charge in [0.05, 0.1) is 11.9 Å². The molecule has 0 aliphatic heterocycles. The number of aromatic nitrogens is 5. The Morgan fingerprint density at radius 3 is 2.70 bits per heavy atom. The maximum atomic E-state index is 12.9. The molecule has 1 fully saturated rings. The molecule has 0 radical (unpaired) electrons. The molecule has 4 aromatic rings. The van der Waals surface area contributed by atoms with Gasteiger partial charge in [-0.1, -0.05) is 38.0 Å². The smallest absolute Gasteiger partial charge is 0.252 e. The van der Waals surface area contributed by atoms with Crippen molar-refractivity contribution in [2.24, 2.45) is 5.92 Å². The lowest BCUT2D eigenvalue weighted by Gasteiger charge is -2.29. The maximum Gasteiger partial charge on any atom is 0.252 e. The fourth-order valence-electron chi connectivity index (χ4n) is 4.45. The molecule has 2 unspecified atom stereocenters. The van der Waals surface area contributed by atoms with Crippen molar-refractivity contribution in [2.75, 3.05) is 4.90 Å². The first-order valence-electron chi connectivity index (χ1n) is 10.4. The average Bonchev–Trinajstić information content (AvgIpc) is 3.29. The number of hydrogen-bond donors (Lipinski definition) is 1. The van der Waals surface area contributed by atoms with E-state index >= 15 is 0 Å². The van der Waals surface area contributed by atoms with E-state index in [0.29, 0.717) is 17.5 Å². The van der Waals surface area contributed by atoms with Gasteiger partial charge in [0.15, 0.2) is 0 Å². The van der Waals surface area contributed by atoms with Crippen molar-refractivity contribution in [2.45, 2.75) is 38.6 Å². The van der Waals surface area contributed by atoms with E-state index in [4.69, 9.17) is 4.98 Å². The average molecular weight is 400 g/mol. The van der Waals surface area contributed by atoms with Crippen molar-refractivity contribution < 1.29 is 0 Å². The lowest BCUT2D eigenvalue weighted by molar-refractivity contribution is 0.282. The van der Waals surface area contributed by atoms with Crippen LogP contribution in [0.5, 0.6) is 0 Å². The van der Waals surface area contributed by atoms with Crippen molar-refractivity contribution in [1.29, 1.82) is 0 Å². The van der Waals surface area contributed by atoms with Gasteiger partial charge in [-0.2, -0.15) is 10.1 Å². The minimum Gasteiger partial charge on any atom is -0.289 e. The molecule has 1 aliphatic carbocycles. The third-order valence-corrected chi connectivity index (χ3v) is 5.88. The van der Waals surface area contributed by atoms with E-state index in [1.165, 1.54) is 6.42 Å². The number of aromatic amines is 1. The second kappa shape index (κ2) is 7.74. The summed E-state index contributed by atoms with van der Waals surface area (Å²) in [6.45, 7) is 2.26. The van der Waals surface area contributed by atoms with Gasteiger partial charge in [0.2, 0.25) is 5.95 Å². The number of nitrogens with one attached hydrogen (secondary N) is 1. The van der Waals surface area contributed by atoms with Gasteiger partial charge >= 0.3 is 0 Å². The fraction of sp³-hybridized carbons (Fsp3) is 0.304. The highest BCUT2D eigenvalue weighted by Gasteiger charge is 2.24. The highest BCUT2D eigenvalue weighted by Crippen LogP contribution is 2.34. The molecule has 0 amide bonds. The van der Waals surface area contributed by atoms with Gasteiger partial charge < -0.3 is 0 Å². The number of nitrogens with zero attached hydrogens (tertiary/aromatic N) is 5. The lowest BCUT2D eigenvalue weighted by Crippen LogP contribution is -2.28. The zero-order valence-corrected chi connectivity index (χ0v) is 16.9. The molecule has 1 saturated carbocycles. The number of pyridine rings is 1. The van der Waals surface area contributed by atoms with Crippen molar-refractivity contribution in [3.8, 4) is 0 Å². The van der Waals surface area contributed by atoms with Gasteiger partial charge in [0, 0.05) is 35.6 Å². The summed E-state index contributed by atoms with van der Waals surface area (Å²) >= 11 is 0. The van der Waals surface area contributed by atoms with E-state index in [-0.39, 0.29) is 11.6 Å². The fourth-order valence-corrected chi connectivity index (χ4v) is 4.45. The highest BCUT2D eigenvalue weighted by atomic mass is 16.1. The van der Waals surface area contributed by atoms with E-state index in [2.05, 4.69) is 22.1 Å². The van der Waals surface area contributed by atoms with Crippen molar-refractivity contribution in [1.82, 2.24) is 24.7 Å². The van der Waals surface area contributed by atoms with Gasteiger partial charge in [-0.15, -0.1) is 0 Å². The van der Waals surface area contributed by atoms with Crippen LogP contribution in [0.15, 0.2) is 65.8 Å². The standard InChI is InChI=1S/C23H24N6O/c1-16-6-5-9-19(12-16)29-21(30)11-10-17-13-24-23(27-22(17)29)28(20-14-25-26-15-20)18-7-3-2-4-8-18/h2-4,7-8,10-11,13-16,19H,5-6,9,12H2,1H3,(H,25,26). The van der Waals surface area contributed by atoms with E-state index in [0.717, 1.165) is 36.0 Å². The summed E-state index contributed by atoms with van der Waals surface area (Å²) in [5.41, 5.74) is 2.45. The molecule has 0 spiro atoms. The summed E-state index contributed by atoms with van der Waals surface area (Å²) in [5.74, 6) is 1.12. The largest absolute Gasteiger partial charge is 0.289 e. The Bertz CT molecular complexity index is 1200. The zero-order valence-electron chi connectivity index (χ0n) is 16.9. The van der Waals surface area contributed by atoms with Gasteiger partial charge in [-0.25, -0.2) is 4.98 Å². The van der Waals surface area contributed by atoms with Crippen LogP contribution >= 0.6 is 0 Å². The molecule has 7 heteroatoms. The van der Waals surface area contributed by atoms with Crippen LogP contribution in [0.3, 0.4) is 0 Å². The Labute approximate surface area is 174 Å². The van der Waals surface area contributed by atoms with Gasteiger partial charge in [-0.05, 0) is 37.0 Å². The van der Waals surface area contributed by atoms with E-state index in [9.17, 15) is 4.79 Å². The van der Waals surface area contributed by atoms with Gasteiger partial charge in [0.1, 0.15) is 5.65 Å². The molecule has 2 atom stereocenters. The molecule has 1 aromatic carbocycles. The predicted molar refractivity (Wildman–Crippen MR) is 117 cm³/mol. The lowest BCUT2D eigenvalue weighted by atomic mass is 9.87. The first-order chi connectivity index (χ1) is 14.7. The van der Waals surface area contributed by atoms with Crippen LogP contribution in [0, 0.1) is 5.92 Å². The molecular formula is C23H24N6O. The van der Waals surface area contributed by atoms with Gasteiger partial charge in [-0.3, -0.25) is 19.4 Å². The molecule has 0 saturated heterocycles. The minimum absolute atomic E-state index is 0.000761. The Morgan fingerprint density at radius 1 is 1.07 bits per heavy atom. The molecule has 0 bridgehead atoms. The molecule has 30 heavy (non-hydrogen) atoms. The monoisotopic (exact) mass is 400 g/mol. The Balaban J connectivity index is 1.68. The molecule has 3 heterocycles. The van der Waals surface area contributed by atoms with Gasteiger partial charge in [0.25, 0.3) is 5.56 Å². The SMILES string of the molecule is CC1CCCC(n2c(=O)ccc3cnc(N(c4ccccc4)c4cn[nH]c4)nc32)C1. The number of para-hydroxylation sites is 1. The summed E-state index contributed by atoms with van der Waals surface area (Å²) in [6, 6.07) is 13.5. The van der Waals surface area contributed by atoms with Crippen LogP contribution in [0.2, 0.25) is 0 Å². The molecule has 5 rings (SSSR count). The first-order valence-corrected chi connectivity index (χ1v) is 10.4. The highest BCUT2D eigenvalue weighted by molar-refractivity contribution is 5.78. The van der Waals surface area contributed by atoms with Crippen molar-refractivity contribution in [3.05, 3.63) is 71.4 Å². The Hall–Kier alpha value is -3.48. The molecule has 7 nitrogen and oxygen atoms in total. The third-order valence-electron chi connectivity index (χ3n) is 5.88. The van der Waals surface area contributed by atoms with E-state index < -0.39 is 0 Å². The van der Waals surface area contributed by atoms with E-state index in [1.807, 2.05) is 45.9 Å². The zero-order chi connectivity index (χ0) is 20.5. The Morgan fingerprint density at radius 2 is 1.93 bits per heavy atom. The molecular weight excluding hydrogens is 376 g/mol. The van der Waals surface area contributed by atoms with Crippen LogP contribution < -0.4 is 10.5 Å². The quantitative estimate of drug-likeness (QED) is 0.535. The second-order valence-electron chi connectivity index (χ2n) is 8.04. The summed E-state index contributed by atoms with van der Waals surface area (Å²) in [5, 5.41) is 7.83. The number of fused-ring (bicyclic) bond motifs is 1. The number of anilines is 3. The van der Waals surface area contributed by atoms with Crippen LogP contribution in [-0.2, 0) is 0 Å².